The Balaban J connectivity index is 2.13. The molecule has 0 saturated heterocycles. The molecule has 0 saturated carbocycles. The van der Waals surface area contributed by atoms with E-state index in [0.717, 1.165) is 17.7 Å². The highest BCUT2D eigenvalue weighted by Crippen LogP contribution is 2.36. The van der Waals surface area contributed by atoms with Crippen molar-refractivity contribution in [2.75, 3.05) is 20.3 Å². The maximum Gasteiger partial charge on any atom is 0.251 e. The average Bonchev–Trinajstić information content (AvgIpc) is 2.65. The van der Waals surface area contributed by atoms with Crippen molar-refractivity contribution < 1.29 is 19.0 Å². The SMILES string of the molecule is CCCOc1c(Cl)cc(C(=O)NCc2ccccc2OCC)cc1OC. The summed E-state index contributed by atoms with van der Waals surface area (Å²) in [5.74, 6) is 1.40. The number of halogens is 1. The third-order valence-corrected chi connectivity index (χ3v) is 3.93. The zero-order valence-corrected chi connectivity index (χ0v) is 16.1. The van der Waals surface area contributed by atoms with E-state index in [0.29, 0.717) is 41.8 Å². The third kappa shape index (κ3) is 5.05. The lowest BCUT2D eigenvalue weighted by Gasteiger charge is -2.14. The molecule has 6 heteroatoms. The van der Waals surface area contributed by atoms with Gasteiger partial charge < -0.3 is 19.5 Å². The Bertz CT molecular complexity index is 749. The highest BCUT2D eigenvalue weighted by atomic mass is 35.5. The molecule has 5 nitrogen and oxygen atoms in total. The fourth-order valence-corrected chi connectivity index (χ4v) is 2.68. The van der Waals surface area contributed by atoms with E-state index in [1.807, 2.05) is 38.1 Å². The lowest BCUT2D eigenvalue weighted by molar-refractivity contribution is 0.0950. The number of carbonyl (C=O) groups excluding carboxylic acids is 1. The Morgan fingerprint density at radius 1 is 1.12 bits per heavy atom. The number of hydrogen-bond acceptors (Lipinski definition) is 4. The molecule has 26 heavy (non-hydrogen) atoms. The molecule has 0 spiro atoms. The van der Waals surface area contributed by atoms with Crippen LogP contribution >= 0.6 is 11.6 Å². The van der Waals surface area contributed by atoms with Crippen molar-refractivity contribution in [3.05, 3.63) is 52.5 Å². The topological polar surface area (TPSA) is 56.8 Å². The molecule has 0 aliphatic carbocycles. The van der Waals surface area contributed by atoms with Crippen molar-refractivity contribution in [3.63, 3.8) is 0 Å². The number of nitrogens with one attached hydrogen (secondary N) is 1. The molecule has 2 rings (SSSR count). The second-order valence-electron chi connectivity index (χ2n) is 5.56. The molecule has 0 aromatic heterocycles. The van der Waals surface area contributed by atoms with Gasteiger partial charge in [-0.05, 0) is 31.5 Å². The van der Waals surface area contributed by atoms with Gasteiger partial charge in [0.05, 0.1) is 25.3 Å². The standard InChI is InChI=1S/C20H24ClNO4/c1-4-10-26-19-16(21)11-15(12-18(19)24-3)20(23)22-13-14-8-6-7-9-17(14)25-5-2/h6-9,11-12H,4-5,10,13H2,1-3H3,(H,22,23). The summed E-state index contributed by atoms with van der Waals surface area (Å²) in [5, 5.41) is 3.23. The van der Waals surface area contributed by atoms with E-state index < -0.39 is 0 Å². The lowest BCUT2D eigenvalue weighted by Crippen LogP contribution is -2.23. The Morgan fingerprint density at radius 2 is 1.88 bits per heavy atom. The van der Waals surface area contributed by atoms with Crippen LogP contribution in [-0.2, 0) is 6.54 Å². The van der Waals surface area contributed by atoms with Crippen LogP contribution in [0.2, 0.25) is 5.02 Å². The third-order valence-electron chi connectivity index (χ3n) is 3.65. The highest BCUT2D eigenvalue weighted by molar-refractivity contribution is 6.32. The summed E-state index contributed by atoms with van der Waals surface area (Å²) >= 11 is 6.27. The molecule has 2 aromatic carbocycles. The van der Waals surface area contributed by atoms with Crippen molar-refractivity contribution in [2.24, 2.45) is 0 Å². The van der Waals surface area contributed by atoms with Crippen LogP contribution in [0.1, 0.15) is 36.2 Å². The minimum absolute atomic E-state index is 0.251. The molecule has 0 radical (unpaired) electrons. The smallest absolute Gasteiger partial charge is 0.251 e. The molecule has 0 atom stereocenters. The minimum Gasteiger partial charge on any atom is -0.494 e. The van der Waals surface area contributed by atoms with Crippen LogP contribution in [0.3, 0.4) is 0 Å². The predicted molar refractivity (Wildman–Crippen MR) is 103 cm³/mol. The molecule has 140 valence electrons. The van der Waals surface area contributed by atoms with Gasteiger partial charge in [0.2, 0.25) is 0 Å². The molecule has 0 fully saturated rings. The molecule has 0 aliphatic heterocycles. The van der Waals surface area contributed by atoms with Gasteiger partial charge >= 0.3 is 0 Å². The number of methoxy groups -OCH3 is 1. The van der Waals surface area contributed by atoms with E-state index in [2.05, 4.69) is 5.32 Å². The van der Waals surface area contributed by atoms with E-state index in [-0.39, 0.29) is 5.91 Å². The molecule has 0 heterocycles. The largest absolute Gasteiger partial charge is 0.494 e. The van der Waals surface area contributed by atoms with Gasteiger partial charge in [0.15, 0.2) is 11.5 Å². The number of amides is 1. The monoisotopic (exact) mass is 377 g/mol. The summed E-state index contributed by atoms with van der Waals surface area (Å²) in [7, 11) is 1.52. The van der Waals surface area contributed by atoms with Gasteiger partial charge in [0, 0.05) is 17.7 Å². The maximum absolute atomic E-state index is 12.5. The lowest BCUT2D eigenvalue weighted by atomic mass is 10.1. The van der Waals surface area contributed by atoms with E-state index >= 15 is 0 Å². The number of ether oxygens (including phenoxy) is 3. The first-order chi connectivity index (χ1) is 12.6. The Morgan fingerprint density at radius 3 is 2.58 bits per heavy atom. The summed E-state index contributed by atoms with van der Waals surface area (Å²) in [5.41, 5.74) is 1.31. The number of hydrogen-bond donors (Lipinski definition) is 1. The average molecular weight is 378 g/mol. The molecule has 2 aromatic rings. The van der Waals surface area contributed by atoms with Crippen molar-refractivity contribution in [1.82, 2.24) is 5.32 Å². The quantitative estimate of drug-likeness (QED) is 0.700. The van der Waals surface area contributed by atoms with Crippen molar-refractivity contribution in [2.45, 2.75) is 26.8 Å². The maximum atomic E-state index is 12.5. The molecule has 0 unspecified atom stereocenters. The van der Waals surface area contributed by atoms with Crippen molar-refractivity contribution in [3.8, 4) is 17.2 Å². The minimum atomic E-state index is -0.251. The van der Waals surface area contributed by atoms with Gasteiger partial charge in [0.25, 0.3) is 5.91 Å². The Labute approximate surface area is 159 Å². The first-order valence-corrected chi connectivity index (χ1v) is 8.97. The van der Waals surface area contributed by atoms with Gasteiger partial charge in [-0.2, -0.15) is 0 Å². The summed E-state index contributed by atoms with van der Waals surface area (Å²) in [4.78, 5) is 12.5. The van der Waals surface area contributed by atoms with Crippen molar-refractivity contribution in [1.29, 1.82) is 0 Å². The second-order valence-corrected chi connectivity index (χ2v) is 5.97. The Kier molecular flexibility index (Phi) is 7.60. The van der Waals surface area contributed by atoms with E-state index in [1.165, 1.54) is 7.11 Å². The van der Waals surface area contributed by atoms with E-state index in [4.69, 9.17) is 25.8 Å². The van der Waals surface area contributed by atoms with Gasteiger partial charge in [-0.15, -0.1) is 0 Å². The zero-order valence-electron chi connectivity index (χ0n) is 15.3. The van der Waals surface area contributed by atoms with Crippen LogP contribution in [0.4, 0.5) is 0 Å². The van der Waals surface area contributed by atoms with E-state index in [9.17, 15) is 4.79 Å². The number of benzene rings is 2. The summed E-state index contributed by atoms with van der Waals surface area (Å²) < 4.78 is 16.5. The Hall–Kier alpha value is -2.40. The van der Waals surface area contributed by atoms with Crippen LogP contribution in [0.15, 0.2) is 36.4 Å². The van der Waals surface area contributed by atoms with Crippen LogP contribution < -0.4 is 19.5 Å². The predicted octanol–water partition coefficient (Wildman–Crippen LogP) is 4.47. The molecular weight excluding hydrogens is 354 g/mol. The van der Waals surface area contributed by atoms with Crippen LogP contribution in [0.25, 0.3) is 0 Å². The molecule has 0 bridgehead atoms. The summed E-state index contributed by atoms with van der Waals surface area (Å²) in [6.45, 7) is 5.37. The fourth-order valence-electron chi connectivity index (χ4n) is 2.42. The number of para-hydroxylation sites is 1. The molecule has 1 amide bonds. The molecular formula is C20H24ClNO4. The normalized spacial score (nSPS) is 10.3. The number of rotatable bonds is 9. The van der Waals surface area contributed by atoms with Gasteiger partial charge in [0.1, 0.15) is 5.75 Å². The van der Waals surface area contributed by atoms with Gasteiger partial charge in [-0.1, -0.05) is 36.7 Å². The van der Waals surface area contributed by atoms with Gasteiger partial charge in [-0.25, -0.2) is 0 Å². The zero-order chi connectivity index (χ0) is 18.9. The fraction of sp³-hybridized carbons (Fsp3) is 0.350. The van der Waals surface area contributed by atoms with E-state index in [1.54, 1.807) is 12.1 Å². The molecule has 0 aliphatic rings. The van der Waals surface area contributed by atoms with Crippen LogP contribution in [0, 0.1) is 0 Å². The number of carbonyl (C=O) groups is 1. The first-order valence-electron chi connectivity index (χ1n) is 8.59. The van der Waals surface area contributed by atoms with Crippen LogP contribution in [0.5, 0.6) is 17.2 Å². The summed E-state index contributed by atoms with van der Waals surface area (Å²) in [6.07, 6.45) is 0.848. The highest BCUT2D eigenvalue weighted by Gasteiger charge is 2.16. The second kappa shape index (κ2) is 9.92. The van der Waals surface area contributed by atoms with Crippen LogP contribution in [-0.4, -0.2) is 26.2 Å². The first kappa shape index (κ1) is 19.9. The van der Waals surface area contributed by atoms with Gasteiger partial charge in [-0.3, -0.25) is 4.79 Å². The van der Waals surface area contributed by atoms with Crippen molar-refractivity contribution >= 4 is 17.5 Å². The molecule has 1 N–H and O–H groups in total. The summed E-state index contributed by atoms with van der Waals surface area (Å²) in [6, 6.07) is 10.8.